The number of hydrogen-bond donors (Lipinski definition) is 0. The van der Waals surface area contributed by atoms with Crippen LogP contribution >= 0.6 is 11.6 Å². The molecule has 2 aromatic carbocycles. The summed E-state index contributed by atoms with van der Waals surface area (Å²) in [6.45, 7) is 0. The molecule has 0 heterocycles. The third-order valence-corrected chi connectivity index (χ3v) is 2.76. The highest BCUT2D eigenvalue weighted by Gasteiger charge is 2.06. The van der Waals surface area contributed by atoms with Crippen molar-refractivity contribution in [1.29, 1.82) is 0 Å². The summed E-state index contributed by atoms with van der Waals surface area (Å²) in [4.78, 5) is 39.9. The number of aldehydes is 1. The maximum absolute atomic E-state index is 10.5. The van der Waals surface area contributed by atoms with Crippen molar-refractivity contribution in [2.45, 2.75) is 0 Å². The molecule has 0 N–H and O–H groups in total. The second-order valence-electron chi connectivity index (χ2n) is 4.04. The van der Waals surface area contributed by atoms with Gasteiger partial charge < -0.3 is 0 Å². The SMILES string of the molecule is O=C(Cl)c1ccc([N+](=O)[O-])cc1.O=Cc1ccc([N+](=O)[O-])cc1. The number of nitrogens with zero attached hydrogens (tertiary/aromatic N) is 2. The molecule has 8 nitrogen and oxygen atoms in total. The predicted octanol–water partition coefficient (Wildman–Crippen LogP) is 3.38. The Labute approximate surface area is 134 Å². The van der Waals surface area contributed by atoms with E-state index in [9.17, 15) is 29.8 Å². The molecule has 0 radical (unpaired) electrons. The molecular weight excluding hydrogens is 328 g/mol. The number of non-ortho nitro benzene ring substituents is 2. The van der Waals surface area contributed by atoms with E-state index in [2.05, 4.69) is 0 Å². The molecule has 0 saturated heterocycles. The van der Waals surface area contributed by atoms with Crippen LogP contribution < -0.4 is 0 Å². The van der Waals surface area contributed by atoms with Crippen LogP contribution in [-0.4, -0.2) is 21.4 Å². The first-order chi connectivity index (χ1) is 10.8. The van der Waals surface area contributed by atoms with Gasteiger partial charge in [0.05, 0.1) is 9.85 Å². The fourth-order valence-electron chi connectivity index (χ4n) is 1.39. The number of carbonyl (C=O) groups is 2. The molecule has 0 aliphatic rings. The van der Waals surface area contributed by atoms with E-state index in [1.165, 1.54) is 48.5 Å². The van der Waals surface area contributed by atoms with Gasteiger partial charge in [-0.15, -0.1) is 0 Å². The molecule has 23 heavy (non-hydrogen) atoms. The number of carbonyl (C=O) groups excluding carboxylic acids is 2. The van der Waals surface area contributed by atoms with E-state index in [0.29, 0.717) is 11.8 Å². The van der Waals surface area contributed by atoms with Gasteiger partial charge in [-0.3, -0.25) is 29.8 Å². The minimum Gasteiger partial charge on any atom is -0.298 e. The van der Waals surface area contributed by atoms with E-state index in [4.69, 9.17) is 11.6 Å². The van der Waals surface area contributed by atoms with Crippen LogP contribution in [0, 0.1) is 20.2 Å². The third kappa shape index (κ3) is 5.64. The molecule has 0 bridgehead atoms. The van der Waals surface area contributed by atoms with Crippen molar-refractivity contribution in [3.05, 3.63) is 79.9 Å². The van der Waals surface area contributed by atoms with Crippen LogP contribution in [0.4, 0.5) is 11.4 Å². The second-order valence-corrected chi connectivity index (χ2v) is 4.39. The van der Waals surface area contributed by atoms with E-state index in [0.717, 1.165) is 0 Å². The summed E-state index contributed by atoms with van der Waals surface area (Å²) in [6.07, 6.45) is 0.643. The van der Waals surface area contributed by atoms with Gasteiger partial charge in [0.25, 0.3) is 16.6 Å². The summed E-state index contributed by atoms with van der Waals surface area (Å²) in [5.41, 5.74) is 0.630. The molecule has 0 aliphatic carbocycles. The van der Waals surface area contributed by atoms with Crippen molar-refractivity contribution in [1.82, 2.24) is 0 Å². The summed E-state index contributed by atoms with van der Waals surface area (Å²) >= 11 is 5.13. The lowest BCUT2D eigenvalue weighted by Crippen LogP contribution is -1.90. The van der Waals surface area contributed by atoms with Gasteiger partial charge in [0, 0.05) is 35.4 Å². The standard InChI is InChI=1S/C7H4ClNO3.C7H5NO3/c8-7(10)5-1-3-6(4-2-5)9(11)12;9-5-6-1-3-7(4-2-6)8(10)11/h1-4H;1-5H. The molecule has 0 aromatic heterocycles. The zero-order valence-electron chi connectivity index (χ0n) is 11.4. The summed E-state index contributed by atoms with van der Waals surface area (Å²) in [7, 11) is 0. The monoisotopic (exact) mass is 336 g/mol. The zero-order valence-corrected chi connectivity index (χ0v) is 12.2. The highest BCUT2D eigenvalue weighted by Crippen LogP contribution is 2.13. The van der Waals surface area contributed by atoms with Gasteiger partial charge in [-0.1, -0.05) is 0 Å². The highest BCUT2D eigenvalue weighted by molar-refractivity contribution is 6.67. The Morgan fingerprint density at radius 1 is 0.870 bits per heavy atom. The summed E-state index contributed by atoms with van der Waals surface area (Å²) in [5, 5.41) is 19.7. The topological polar surface area (TPSA) is 120 Å². The zero-order chi connectivity index (χ0) is 17.4. The molecule has 118 valence electrons. The summed E-state index contributed by atoms with van der Waals surface area (Å²) in [5.74, 6) is 0. The molecule has 0 unspecified atom stereocenters. The van der Waals surface area contributed by atoms with Crippen LogP contribution in [0.25, 0.3) is 0 Å². The fourth-order valence-corrected chi connectivity index (χ4v) is 1.51. The van der Waals surface area contributed by atoms with E-state index in [1.54, 1.807) is 0 Å². The van der Waals surface area contributed by atoms with Crippen molar-refractivity contribution < 1.29 is 19.4 Å². The van der Waals surface area contributed by atoms with Gasteiger partial charge in [0.15, 0.2) is 0 Å². The molecule has 0 spiro atoms. The van der Waals surface area contributed by atoms with Gasteiger partial charge in [-0.2, -0.15) is 0 Å². The van der Waals surface area contributed by atoms with E-state index < -0.39 is 15.1 Å². The minimum absolute atomic E-state index is 0.00407. The molecule has 0 aliphatic heterocycles. The average Bonchev–Trinajstić information content (AvgIpc) is 2.55. The maximum Gasteiger partial charge on any atom is 0.269 e. The largest absolute Gasteiger partial charge is 0.298 e. The first-order valence-corrected chi connectivity index (χ1v) is 6.37. The van der Waals surface area contributed by atoms with Crippen LogP contribution in [-0.2, 0) is 0 Å². The van der Waals surface area contributed by atoms with Crippen molar-refractivity contribution in [3.63, 3.8) is 0 Å². The Bertz CT molecular complexity index is 695. The Hall–Kier alpha value is -3.13. The summed E-state index contributed by atoms with van der Waals surface area (Å²) in [6, 6.07) is 10.5. The van der Waals surface area contributed by atoms with Crippen LogP contribution in [0.1, 0.15) is 20.7 Å². The van der Waals surface area contributed by atoms with Gasteiger partial charge in [0.2, 0.25) is 0 Å². The molecule has 2 aromatic rings. The Morgan fingerprint density at radius 3 is 1.57 bits per heavy atom. The van der Waals surface area contributed by atoms with Crippen LogP contribution in [0.15, 0.2) is 48.5 Å². The van der Waals surface area contributed by atoms with Crippen LogP contribution in [0.5, 0.6) is 0 Å². The maximum atomic E-state index is 10.5. The number of nitro benzene ring substituents is 2. The Morgan fingerprint density at radius 2 is 1.26 bits per heavy atom. The first-order valence-electron chi connectivity index (χ1n) is 5.99. The third-order valence-electron chi connectivity index (χ3n) is 2.55. The highest BCUT2D eigenvalue weighted by atomic mass is 35.5. The van der Waals surface area contributed by atoms with Gasteiger partial charge in [-0.25, -0.2) is 0 Å². The number of halogens is 1. The van der Waals surface area contributed by atoms with E-state index in [1.807, 2.05) is 0 Å². The van der Waals surface area contributed by atoms with Crippen LogP contribution in [0.3, 0.4) is 0 Å². The lowest BCUT2D eigenvalue weighted by atomic mass is 10.2. The van der Waals surface area contributed by atoms with E-state index >= 15 is 0 Å². The smallest absolute Gasteiger partial charge is 0.269 e. The van der Waals surface area contributed by atoms with Crippen LogP contribution in [0.2, 0.25) is 0 Å². The van der Waals surface area contributed by atoms with Crippen molar-refractivity contribution in [2.75, 3.05) is 0 Å². The van der Waals surface area contributed by atoms with Gasteiger partial charge in [0.1, 0.15) is 6.29 Å². The minimum atomic E-state index is -0.620. The number of hydrogen-bond acceptors (Lipinski definition) is 6. The predicted molar refractivity (Wildman–Crippen MR) is 81.8 cm³/mol. The van der Waals surface area contributed by atoms with Crippen molar-refractivity contribution >= 4 is 34.5 Å². The lowest BCUT2D eigenvalue weighted by Gasteiger charge is -1.92. The molecular formula is C14H9ClN2O6. The quantitative estimate of drug-likeness (QED) is 0.365. The van der Waals surface area contributed by atoms with E-state index in [-0.39, 0.29) is 16.9 Å². The second kappa shape index (κ2) is 8.35. The molecule has 9 heteroatoms. The molecule has 0 atom stereocenters. The van der Waals surface area contributed by atoms with Crippen molar-refractivity contribution in [2.24, 2.45) is 0 Å². The van der Waals surface area contributed by atoms with Gasteiger partial charge >= 0.3 is 0 Å². The first kappa shape index (κ1) is 17.9. The molecule has 2 rings (SSSR count). The molecule has 0 fully saturated rings. The summed E-state index contributed by atoms with van der Waals surface area (Å²) < 4.78 is 0. The average molecular weight is 337 g/mol. The number of nitro groups is 2. The fraction of sp³-hybridized carbons (Fsp3) is 0. The normalized spacial score (nSPS) is 9.26. The van der Waals surface area contributed by atoms with Gasteiger partial charge in [-0.05, 0) is 35.9 Å². The Kier molecular flexibility index (Phi) is 6.50. The van der Waals surface area contributed by atoms with Crippen molar-refractivity contribution in [3.8, 4) is 0 Å². The molecule has 0 amide bonds. The molecule has 0 saturated carbocycles. The Balaban J connectivity index is 0.000000231. The number of rotatable bonds is 4. The lowest BCUT2D eigenvalue weighted by molar-refractivity contribution is -0.385. The number of benzene rings is 2.